The molecular formula is C9H10BrN5O. The van der Waals surface area contributed by atoms with Crippen molar-refractivity contribution in [2.75, 3.05) is 7.11 Å². The van der Waals surface area contributed by atoms with Crippen molar-refractivity contribution in [2.24, 2.45) is 5.73 Å². The number of halogens is 1. The summed E-state index contributed by atoms with van der Waals surface area (Å²) in [6, 6.07) is 5.58. The van der Waals surface area contributed by atoms with Gasteiger partial charge < -0.3 is 10.5 Å². The van der Waals surface area contributed by atoms with E-state index in [1.54, 1.807) is 11.8 Å². The van der Waals surface area contributed by atoms with E-state index in [4.69, 9.17) is 10.5 Å². The molecule has 0 saturated carbocycles. The fourth-order valence-corrected chi connectivity index (χ4v) is 1.78. The fraction of sp³-hybridized carbons (Fsp3) is 0.222. The van der Waals surface area contributed by atoms with Crippen LogP contribution in [0.25, 0.3) is 5.69 Å². The van der Waals surface area contributed by atoms with E-state index in [1.165, 1.54) is 0 Å². The highest BCUT2D eigenvalue weighted by atomic mass is 79.9. The van der Waals surface area contributed by atoms with Gasteiger partial charge in [0.1, 0.15) is 5.75 Å². The van der Waals surface area contributed by atoms with Crippen molar-refractivity contribution in [3.63, 3.8) is 0 Å². The number of nitrogens with two attached hydrogens (primary N) is 1. The number of aromatic nitrogens is 4. The van der Waals surface area contributed by atoms with Gasteiger partial charge in [-0.25, -0.2) is 0 Å². The van der Waals surface area contributed by atoms with Crippen LogP contribution in [0.1, 0.15) is 5.82 Å². The maximum Gasteiger partial charge on any atom is 0.170 e. The Bertz CT molecular complexity index is 498. The molecule has 0 fully saturated rings. The lowest BCUT2D eigenvalue weighted by Crippen LogP contribution is -2.08. The third-order valence-corrected chi connectivity index (χ3v) is 2.51. The molecule has 7 heteroatoms. The van der Waals surface area contributed by atoms with Crippen LogP contribution in [0, 0.1) is 0 Å². The first-order valence-electron chi connectivity index (χ1n) is 4.57. The molecule has 16 heavy (non-hydrogen) atoms. The molecule has 0 unspecified atom stereocenters. The lowest BCUT2D eigenvalue weighted by Gasteiger charge is -2.06. The second kappa shape index (κ2) is 4.58. The number of ether oxygens (including phenoxy) is 1. The molecule has 1 aromatic heterocycles. The minimum absolute atomic E-state index is 0.280. The first-order valence-corrected chi connectivity index (χ1v) is 5.36. The van der Waals surface area contributed by atoms with Crippen LogP contribution in [0.5, 0.6) is 5.75 Å². The van der Waals surface area contributed by atoms with Crippen molar-refractivity contribution < 1.29 is 4.74 Å². The van der Waals surface area contributed by atoms with Crippen LogP contribution in [0.3, 0.4) is 0 Å². The highest BCUT2D eigenvalue weighted by Gasteiger charge is 2.08. The summed E-state index contributed by atoms with van der Waals surface area (Å²) in [5, 5.41) is 11.3. The SMILES string of the molecule is COc1cc(Br)cc(-n2nnnc2CN)c1. The second-order valence-corrected chi connectivity index (χ2v) is 3.98. The number of hydrogen-bond donors (Lipinski definition) is 1. The van der Waals surface area contributed by atoms with Gasteiger partial charge in [0.15, 0.2) is 5.82 Å². The van der Waals surface area contributed by atoms with E-state index < -0.39 is 0 Å². The summed E-state index contributed by atoms with van der Waals surface area (Å²) in [5.74, 6) is 1.32. The smallest absolute Gasteiger partial charge is 0.170 e. The third kappa shape index (κ3) is 2.05. The Morgan fingerprint density at radius 2 is 2.25 bits per heavy atom. The van der Waals surface area contributed by atoms with Crippen LogP contribution < -0.4 is 10.5 Å². The maximum atomic E-state index is 5.53. The molecule has 0 spiro atoms. The monoisotopic (exact) mass is 283 g/mol. The molecule has 2 rings (SSSR count). The lowest BCUT2D eigenvalue weighted by atomic mass is 10.3. The average Bonchev–Trinajstić information content (AvgIpc) is 2.76. The van der Waals surface area contributed by atoms with E-state index in [1.807, 2.05) is 18.2 Å². The first kappa shape index (κ1) is 11.0. The molecule has 6 nitrogen and oxygen atoms in total. The van der Waals surface area contributed by atoms with Crippen LogP contribution in [0.2, 0.25) is 0 Å². The van der Waals surface area contributed by atoms with Gasteiger partial charge in [0.2, 0.25) is 0 Å². The standard InChI is InChI=1S/C9H10BrN5O/c1-16-8-3-6(10)2-7(4-8)15-9(5-11)12-13-14-15/h2-4H,5,11H2,1H3. The third-order valence-electron chi connectivity index (χ3n) is 2.05. The molecule has 0 aliphatic carbocycles. The second-order valence-electron chi connectivity index (χ2n) is 3.06. The Morgan fingerprint density at radius 1 is 1.44 bits per heavy atom. The van der Waals surface area contributed by atoms with Crippen molar-refractivity contribution in [1.82, 2.24) is 20.2 Å². The van der Waals surface area contributed by atoms with Crippen molar-refractivity contribution in [1.29, 1.82) is 0 Å². The fourth-order valence-electron chi connectivity index (χ4n) is 1.32. The molecular weight excluding hydrogens is 274 g/mol. The summed E-state index contributed by atoms with van der Waals surface area (Å²) in [6.07, 6.45) is 0. The Kier molecular flexibility index (Phi) is 3.16. The molecule has 2 N–H and O–H groups in total. The topological polar surface area (TPSA) is 78.8 Å². The van der Waals surface area contributed by atoms with E-state index in [-0.39, 0.29) is 6.54 Å². The van der Waals surface area contributed by atoms with Gasteiger partial charge in [-0.05, 0) is 22.6 Å². The van der Waals surface area contributed by atoms with Gasteiger partial charge >= 0.3 is 0 Å². The Labute approximate surface area is 101 Å². The Morgan fingerprint density at radius 3 is 2.94 bits per heavy atom. The van der Waals surface area contributed by atoms with Crippen molar-refractivity contribution >= 4 is 15.9 Å². The molecule has 0 aliphatic heterocycles. The van der Waals surface area contributed by atoms with E-state index in [0.29, 0.717) is 5.82 Å². The summed E-state index contributed by atoms with van der Waals surface area (Å²) in [6.45, 7) is 0.280. The number of rotatable bonds is 3. The largest absolute Gasteiger partial charge is 0.497 e. The van der Waals surface area contributed by atoms with Crippen LogP contribution in [0.15, 0.2) is 22.7 Å². The Balaban J connectivity index is 2.51. The summed E-state index contributed by atoms with van der Waals surface area (Å²) in [4.78, 5) is 0. The first-order chi connectivity index (χ1) is 7.74. The van der Waals surface area contributed by atoms with E-state index in [9.17, 15) is 0 Å². The summed E-state index contributed by atoms with van der Waals surface area (Å²) < 4.78 is 7.63. The molecule has 0 aliphatic rings. The normalized spacial score (nSPS) is 10.4. The number of hydrogen-bond acceptors (Lipinski definition) is 5. The number of benzene rings is 1. The van der Waals surface area contributed by atoms with Gasteiger partial charge in [-0.1, -0.05) is 15.9 Å². The van der Waals surface area contributed by atoms with Crippen LogP contribution >= 0.6 is 15.9 Å². The van der Waals surface area contributed by atoms with Crippen LogP contribution in [-0.4, -0.2) is 27.3 Å². The average molecular weight is 284 g/mol. The molecule has 0 amide bonds. The molecule has 1 aromatic carbocycles. The summed E-state index contributed by atoms with van der Waals surface area (Å²) in [5.41, 5.74) is 6.34. The number of nitrogens with zero attached hydrogens (tertiary/aromatic N) is 4. The van der Waals surface area contributed by atoms with E-state index in [2.05, 4.69) is 31.5 Å². The van der Waals surface area contributed by atoms with Crippen molar-refractivity contribution in [3.8, 4) is 11.4 Å². The quantitative estimate of drug-likeness (QED) is 0.905. The minimum atomic E-state index is 0.280. The molecule has 0 radical (unpaired) electrons. The highest BCUT2D eigenvalue weighted by molar-refractivity contribution is 9.10. The minimum Gasteiger partial charge on any atom is -0.497 e. The van der Waals surface area contributed by atoms with E-state index in [0.717, 1.165) is 15.9 Å². The highest BCUT2D eigenvalue weighted by Crippen LogP contribution is 2.23. The van der Waals surface area contributed by atoms with Gasteiger partial charge in [-0.2, -0.15) is 4.68 Å². The predicted molar refractivity (Wildman–Crippen MR) is 61.3 cm³/mol. The zero-order valence-electron chi connectivity index (χ0n) is 8.59. The molecule has 84 valence electrons. The number of methoxy groups -OCH3 is 1. The molecule has 0 saturated heterocycles. The zero-order valence-corrected chi connectivity index (χ0v) is 10.2. The zero-order chi connectivity index (χ0) is 11.5. The van der Waals surface area contributed by atoms with E-state index >= 15 is 0 Å². The summed E-state index contributed by atoms with van der Waals surface area (Å²) in [7, 11) is 1.61. The van der Waals surface area contributed by atoms with Gasteiger partial charge in [-0.3, -0.25) is 0 Å². The Hall–Kier alpha value is -1.47. The van der Waals surface area contributed by atoms with Gasteiger partial charge in [0.05, 0.1) is 19.3 Å². The lowest BCUT2D eigenvalue weighted by molar-refractivity contribution is 0.414. The van der Waals surface area contributed by atoms with Gasteiger partial charge in [0.25, 0.3) is 0 Å². The molecule has 0 bridgehead atoms. The van der Waals surface area contributed by atoms with Crippen LogP contribution in [-0.2, 0) is 6.54 Å². The van der Waals surface area contributed by atoms with Gasteiger partial charge in [-0.15, -0.1) is 5.10 Å². The molecule has 0 atom stereocenters. The number of tetrazole rings is 1. The molecule has 2 aromatic rings. The maximum absolute atomic E-state index is 5.53. The molecule has 1 heterocycles. The van der Waals surface area contributed by atoms with Crippen molar-refractivity contribution in [3.05, 3.63) is 28.5 Å². The predicted octanol–water partition coefficient (Wildman–Crippen LogP) is 0.892. The summed E-state index contributed by atoms with van der Waals surface area (Å²) >= 11 is 3.39. The van der Waals surface area contributed by atoms with Crippen molar-refractivity contribution in [2.45, 2.75) is 6.54 Å². The van der Waals surface area contributed by atoms with Crippen LogP contribution in [0.4, 0.5) is 0 Å². The van der Waals surface area contributed by atoms with Gasteiger partial charge in [0, 0.05) is 10.5 Å².